The van der Waals surface area contributed by atoms with E-state index in [1.807, 2.05) is 6.07 Å². The van der Waals surface area contributed by atoms with Gasteiger partial charge in [-0.3, -0.25) is 0 Å². The Labute approximate surface area is 126 Å². The summed E-state index contributed by atoms with van der Waals surface area (Å²) in [5, 5.41) is 1.35. The summed E-state index contributed by atoms with van der Waals surface area (Å²) in [7, 11) is 6.23. The molecule has 1 N–H and O–H groups in total. The van der Waals surface area contributed by atoms with Gasteiger partial charge in [-0.25, -0.2) is 0 Å². The monoisotopic (exact) mass is 284 g/mol. The van der Waals surface area contributed by atoms with Crippen molar-refractivity contribution >= 4 is 10.9 Å². The van der Waals surface area contributed by atoms with Crippen LogP contribution in [0.1, 0.15) is 30.7 Å². The van der Waals surface area contributed by atoms with Crippen molar-refractivity contribution in [3.8, 4) is 5.75 Å². The zero-order valence-electron chi connectivity index (χ0n) is 13.1. The fourth-order valence-corrected chi connectivity index (χ4v) is 4.97. The van der Waals surface area contributed by atoms with Crippen molar-refractivity contribution in [2.75, 3.05) is 21.2 Å². The van der Waals surface area contributed by atoms with Crippen LogP contribution in [0, 0.1) is 11.8 Å². The van der Waals surface area contributed by atoms with Crippen LogP contribution in [-0.2, 0) is 0 Å². The van der Waals surface area contributed by atoms with Crippen LogP contribution in [0.2, 0.25) is 0 Å². The maximum absolute atomic E-state index is 5.42. The fourth-order valence-electron chi connectivity index (χ4n) is 4.97. The van der Waals surface area contributed by atoms with Crippen LogP contribution in [0.25, 0.3) is 10.9 Å². The van der Waals surface area contributed by atoms with Gasteiger partial charge in [0.05, 0.1) is 7.11 Å². The van der Waals surface area contributed by atoms with Gasteiger partial charge < -0.3 is 14.6 Å². The lowest BCUT2D eigenvalue weighted by Gasteiger charge is -2.35. The van der Waals surface area contributed by atoms with Crippen LogP contribution in [0.4, 0.5) is 0 Å². The van der Waals surface area contributed by atoms with Crippen molar-refractivity contribution in [2.45, 2.75) is 31.2 Å². The Kier molecular flexibility index (Phi) is 3.00. The molecule has 112 valence electrons. The first kappa shape index (κ1) is 13.2. The molecular weight excluding hydrogens is 260 g/mol. The Hall–Kier alpha value is -1.48. The number of hydrogen-bond donors (Lipinski definition) is 1. The summed E-state index contributed by atoms with van der Waals surface area (Å²) < 4.78 is 5.42. The topological polar surface area (TPSA) is 28.3 Å². The van der Waals surface area contributed by atoms with Gasteiger partial charge in [-0.15, -0.1) is 0 Å². The molecule has 1 aromatic carbocycles. The van der Waals surface area contributed by atoms with Gasteiger partial charge >= 0.3 is 0 Å². The number of nitrogens with zero attached hydrogens (tertiary/aromatic N) is 1. The third-order valence-electron chi connectivity index (χ3n) is 5.75. The second-order valence-electron chi connectivity index (χ2n) is 6.97. The number of H-pyrrole nitrogens is 1. The molecule has 3 nitrogen and oxygen atoms in total. The van der Waals surface area contributed by atoms with E-state index in [0.29, 0.717) is 12.0 Å². The Balaban J connectivity index is 1.82. The number of ether oxygens (including phenoxy) is 1. The maximum atomic E-state index is 5.42. The number of hydrogen-bond acceptors (Lipinski definition) is 2. The highest BCUT2D eigenvalue weighted by Crippen LogP contribution is 2.55. The second kappa shape index (κ2) is 4.77. The molecule has 0 amide bonds. The molecule has 2 saturated carbocycles. The van der Waals surface area contributed by atoms with Crippen LogP contribution < -0.4 is 4.74 Å². The van der Waals surface area contributed by atoms with Crippen molar-refractivity contribution in [1.82, 2.24) is 9.88 Å². The Morgan fingerprint density at radius 3 is 2.76 bits per heavy atom. The summed E-state index contributed by atoms with van der Waals surface area (Å²) in [4.78, 5) is 5.91. The molecule has 2 aliphatic carbocycles. The fraction of sp³-hybridized carbons (Fsp3) is 0.556. The van der Waals surface area contributed by atoms with Gasteiger partial charge in [0.15, 0.2) is 0 Å². The molecule has 2 bridgehead atoms. The van der Waals surface area contributed by atoms with Crippen molar-refractivity contribution in [3.63, 3.8) is 0 Å². The van der Waals surface area contributed by atoms with E-state index in [0.717, 1.165) is 17.6 Å². The first-order valence-corrected chi connectivity index (χ1v) is 8.00. The van der Waals surface area contributed by atoms with Gasteiger partial charge in [0.25, 0.3) is 0 Å². The van der Waals surface area contributed by atoms with Crippen molar-refractivity contribution in [3.05, 3.63) is 30.0 Å². The predicted octanol–water partition coefficient (Wildman–Crippen LogP) is 3.62. The van der Waals surface area contributed by atoms with E-state index in [9.17, 15) is 0 Å². The summed E-state index contributed by atoms with van der Waals surface area (Å²) >= 11 is 0. The molecule has 0 saturated heterocycles. The average Bonchev–Trinajstić information content (AvgIpc) is 3.19. The van der Waals surface area contributed by atoms with E-state index in [1.54, 1.807) is 7.11 Å². The molecule has 0 radical (unpaired) electrons. The molecule has 2 fully saturated rings. The first-order valence-electron chi connectivity index (χ1n) is 8.00. The van der Waals surface area contributed by atoms with Crippen LogP contribution in [0.5, 0.6) is 5.75 Å². The number of rotatable bonds is 3. The first-order chi connectivity index (χ1) is 10.2. The predicted molar refractivity (Wildman–Crippen MR) is 85.9 cm³/mol. The second-order valence-corrected chi connectivity index (χ2v) is 6.97. The lowest BCUT2D eigenvalue weighted by molar-refractivity contribution is 0.186. The third kappa shape index (κ3) is 1.90. The van der Waals surface area contributed by atoms with E-state index in [-0.39, 0.29) is 0 Å². The third-order valence-corrected chi connectivity index (χ3v) is 5.75. The molecule has 1 aromatic heterocycles. The van der Waals surface area contributed by atoms with Crippen LogP contribution in [0.3, 0.4) is 0 Å². The van der Waals surface area contributed by atoms with E-state index >= 15 is 0 Å². The van der Waals surface area contributed by atoms with Crippen molar-refractivity contribution < 1.29 is 4.74 Å². The SMILES string of the molecule is COc1ccc2[nH]cc([C@@H]3[C@@H]4CC[C@@H](C4)[C@H]3N(C)C)c2c1. The van der Waals surface area contributed by atoms with Gasteiger partial charge in [-0.05, 0) is 69.0 Å². The molecule has 0 aliphatic heterocycles. The zero-order chi connectivity index (χ0) is 14.6. The minimum absolute atomic E-state index is 0.666. The average molecular weight is 284 g/mol. The molecule has 0 spiro atoms. The Morgan fingerprint density at radius 1 is 1.19 bits per heavy atom. The van der Waals surface area contributed by atoms with Crippen LogP contribution in [-0.4, -0.2) is 37.1 Å². The number of likely N-dealkylation sites (N-methyl/N-ethyl adjacent to an activating group) is 1. The molecule has 2 aliphatic rings. The summed E-state index contributed by atoms with van der Waals surface area (Å²) in [6.07, 6.45) is 6.46. The number of methoxy groups -OCH3 is 1. The quantitative estimate of drug-likeness (QED) is 0.932. The molecule has 0 unspecified atom stereocenters. The lowest BCUT2D eigenvalue weighted by atomic mass is 9.79. The summed E-state index contributed by atoms with van der Waals surface area (Å²) in [6, 6.07) is 7.05. The van der Waals surface area contributed by atoms with Crippen LogP contribution >= 0.6 is 0 Å². The van der Waals surface area contributed by atoms with Crippen molar-refractivity contribution in [2.24, 2.45) is 11.8 Å². The number of aromatic nitrogens is 1. The van der Waals surface area contributed by atoms with E-state index < -0.39 is 0 Å². The normalized spacial score (nSPS) is 31.4. The smallest absolute Gasteiger partial charge is 0.119 e. The molecule has 4 atom stereocenters. The number of benzene rings is 1. The summed E-state index contributed by atoms with van der Waals surface area (Å²) in [5.74, 6) is 3.35. The number of nitrogens with one attached hydrogen (secondary N) is 1. The van der Waals surface area contributed by atoms with Gasteiger partial charge in [-0.1, -0.05) is 0 Å². The summed E-state index contributed by atoms with van der Waals surface area (Å²) in [5.41, 5.74) is 2.72. The van der Waals surface area contributed by atoms with E-state index in [1.165, 1.54) is 35.7 Å². The lowest BCUT2D eigenvalue weighted by Crippen LogP contribution is -2.38. The maximum Gasteiger partial charge on any atom is 0.119 e. The largest absolute Gasteiger partial charge is 0.497 e. The minimum atomic E-state index is 0.666. The minimum Gasteiger partial charge on any atom is -0.497 e. The summed E-state index contributed by atoms with van der Waals surface area (Å²) in [6.45, 7) is 0. The molecule has 4 rings (SSSR count). The van der Waals surface area contributed by atoms with Crippen LogP contribution in [0.15, 0.2) is 24.4 Å². The number of aromatic amines is 1. The van der Waals surface area contributed by atoms with Gasteiger partial charge in [0.2, 0.25) is 0 Å². The molecular formula is C18H24N2O. The van der Waals surface area contributed by atoms with Crippen molar-refractivity contribution in [1.29, 1.82) is 0 Å². The highest BCUT2D eigenvalue weighted by molar-refractivity contribution is 5.85. The standard InChI is InChI=1S/C18H24N2O/c1-20(2)18-12-5-4-11(8-12)17(18)15-10-19-16-7-6-13(21-3)9-14(15)16/h6-7,9-12,17-19H,4-5,8H2,1-3H3/t11-,12+,17+,18-/m1/s1. The van der Waals surface area contributed by atoms with E-state index in [4.69, 9.17) is 4.74 Å². The highest BCUT2D eigenvalue weighted by atomic mass is 16.5. The van der Waals surface area contributed by atoms with Gasteiger partial charge in [-0.2, -0.15) is 0 Å². The molecule has 21 heavy (non-hydrogen) atoms. The number of fused-ring (bicyclic) bond motifs is 3. The molecule has 1 heterocycles. The van der Waals surface area contributed by atoms with Gasteiger partial charge in [0.1, 0.15) is 5.75 Å². The zero-order valence-corrected chi connectivity index (χ0v) is 13.1. The Bertz CT molecular complexity index is 660. The highest BCUT2D eigenvalue weighted by Gasteiger charge is 2.49. The van der Waals surface area contributed by atoms with Gasteiger partial charge in [0, 0.05) is 29.1 Å². The Morgan fingerprint density at radius 2 is 2.00 bits per heavy atom. The van der Waals surface area contributed by atoms with E-state index in [2.05, 4.69) is 42.3 Å². The molecule has 2 aromatic rings. The molecule has 3 heteroatoms.